The van der Waals surface area contributed by atoms with Gasteiger partial charge in [0.1, 0.15) is 0 Å². The smallest absolute Gasteiger partial charge is 0.240 e. The summed E-state index contributed by atoms with van der Waals surface area (Å²) in [6.45, 7) is 3.45. The molecular formula is C19H21ClN2O. The average molecular weight is 329 g/mol. The van der Waals surface area contributed by atoms with Crippen molar-refractivity contribution in [1.82, 2.24) is 4.90 Å². The monoisotopic (exact) mass is 328 g/mol. The van der Waals surface area contributed by atoms with Crippen LogP contribution in [-0.2, 0) is 24.2 Å². The Balaban J connectivity index is 1.70. The van der Waals surface area contributed by atoms with Gasteiger partial charge in [0.15, 0.2) is 0 Å². The van der Waals surface area contributed by atoms with Crippen LogP contribution in [0.2, 0.25) is 5.02 Å². The summed E-state index contributed by atoms with van der Waals surface area (Å²) in [5.41, 5.74) is 10.9. The van der Waals surface area contributed by atoms with Crippen LogP contribution in [0.15, 0.2) is 42.5 Å². The van der Waals surface area contributed by atoms with Crippen LogP contribution in [-0.4, -0.2) is 23.4 Å². The van der Waals surface area contributed by atoms with Crippen LogP contribution in [0.4, 0.5) is 0 Å². The number of aryl methyl sites for hydroxylation is 1. The van der Waals surface area contributed by atoms with Crippen molar-refractivity contribution >= 4 is 17.5 Å². The van der Waals surface area contributed by atoms with Crippen molar-refractivity contribution in [2.45, 2.75) is 32.4 Å². The van der Waals surface area contributed by atoms with Gasteiger partial charge >= 0.3 is 0 Å². The Bertz CT molecular complexity index is 729. The fourth-order valence-corrected chi connectivity index (χ4v) is 3.31. The van der Waals surface area contributed by atoms with Crippen LogP contribution >= 0.6 is 11.6 Å². The number of nitrogens with zero attached hydrogens (tertiary/aromatic N) is 1. The van der Waals surface area contributed by atoms with Crippen molar-refractivity contribution in [3.05, 3.63) is 69.7 Å². The van der Waals surface area contributed by atoms with E-state index in [-0.39, 0.29) is 5.91 Å². The molecular weight excluding hydrogens is 308 g/mol. The predicted molar refractivity (Wildman–Crippen MR) is 93.4 cm³/mol. The normalized spacial score (nSPS) is 15.2. The van der Waals surface area contributed by atoms with Crippen LogP contribution < -0.4 is 5.73 Å². The van der Waals surface area contributed by atoms with E-state index in [1.165, 1.54) is 16.7 Å². The van der Waals surface area contributed by atoms with Crippen LogP contribution in [0.1, 0.15) is 22.3 Å². The first-order valence-electron chi connectivity index (χ1n) is 7.91. The molecule has 0 saturated carbocycles. The number of carbonyl (C=O) groups excluding carboxylic acids is 1. The molecule has 1 heterocycles. The largest absolute Gasteiger partial charge is 0.337 e. The minimum absolute atomic E-state index is 0.00271. The second kappa shape index (κ2) is 6.73. The molecule has 2 aromatic rings. The first-order chi connectivity index (χ1) is 11.0. The Kier molecular flexibility index (Phi) is 4.69. The van der Waals surface area contributed by atoms with Gasteiger partial charge in [0, 0.05) is 18.1 Å². The van der Waals surface area contributed by atoms with E-state index in [9.17, 15) is 4.79 Å². The third-order valence-electron chi connectivity index (χ3n) is 4.40. The zero-order chi connectivity index (χ0) is 16.4. The van der Waals surface area contributed by atoms with Gasteiger partial charge in [-0.25, -0.2) is 0 Å². The molecule has 0 bridgehead atoms. The third-order valence-corrected chi connectivity index (χ3v) is 4.77. The minimum Gasteiger partial charge on any atom is -0.337 e. The van der Waals surface area contributed by atoms with Gasteiger partial charge in [-0.3, -0.25) is 4.79 Å². The number of nitrogens with two attached hydrogens (primary N) is 1. The van der Waals surface area contributed by atoms with Gasteiger partial charge in [-0.1, -0.05) is 53.6 Å². The first kappa shape index (κ1) is 16.0. The number of hydrogen-bond donors (Lipinski definition) is 1. The van der Waals surface area contributed by atoms with E-state index in [0.717, 1.165) is 18.5 Å². The molecule has 2 aromatic carbocycles. The van der Waals surface area contributed by atoms with Gasteiger partial charge in [0.25, 0.3) is 0 Å². The second-order valence-electron chi connectivity index (χ2n) is 6.18. The average Bonchev–Trinajstić information content (AvgIpc) is 2.55. The molecule has 2 N–H and O–H groups in total. The Morgan fingerprint density at radius 1 is 1.26 bits per heavy atom. The van der Waals surface area contributed by atoms with Crippen molar-refractivity contribution in [2.75, 3.05) is 6.54 Å². The van der Waals surface area contributed by atoms with Crippen LogP contribution in [0.25, 0.3) is 0 Å². The van der Waals surface area contributed by atoms with Gasteiger partial charge in [-0.15, -0.1) is 0 Å². The highest BCUT2D eigenvalue weighted by Crippen LogP contribution is 2.22. The van der Waals surface area contributed by atoms with Crippen LogP contribution in [0, 0.1) is 6.92 Å². The maximum atomic E-state index is 12.7. The topological polar surface area (TPSA) is 46.3 Å². The Morgan fingerprint density at radius 2 is 2.04 bits per heavy atom. The molecule has 0 spiro atoms. The summed E-state index contributed by atoms with van der Waals surface area (Å²) in [6.07, 6.45) is 1.36. The highest BCUT2D eigenvalue weighted by molar-refractivity contribution is 6.31. The van der Waals surface area contributed by atoms with Crippen molar-refractivity contribution in [2.24, 2.45) is 5.73 Å². The van der Waals surface area contributed by atoms with Crippen LogP contribution in [0.3, 0.4) is 0 Å². The molecule has 1 atom stereocenters. The highest BCUT2D eigenvalue weighted by atomic mass is 35.5. The lowest BCUT2D eigenvalue weighted by atomic mass is 9.96. The molecule has 120 valence electrons. The molecule has 23 heavy (non-hydrogen) atoms. The van der Waals surface area contributed by atoms with E-state index in [1.807, 2.05) is 29.2 Å². The molecule has 1 unspecified atom stereocenters. The molecule has 1 aliphatic heterocycles. The lowest BCUT2D eigenvalue weighted by Crippen LogP contribution is -2.46. The zero-order valence-electron chi connectivity index (χ0n) is 13.3. The van der Waals surface area contributed by atoms with E-state index >= 15 is 0 Å². The third kappa shape index (κ3) is 3.57. The van der Waals surface area contributed by atoms with E-state index in [4.69, 9.17) is 17.3 Å². The molecule has 0 saturated heterocycles. The molecule has 0 aliphatic carbocycles. The highest BCUT2D eigenvalue weighted by Gasteiger charge is 2.25. The number of carbonyl (C=O) groups is 1. The molecule has 3 nitrogen and oxygen atoms in total. The van der Waals surface area contributed by atoms with Gasteiger partial charge in [-0.2, -0.15) is 0 Å². The van der Waals surface area contributed by atoms with Gasteiger partial charge in [0.05, 0.1) is 6.04 Å². The summed E-state index contributed by atoms with van der Waals surface area (Å²) in [5.74, 6) is -0.00271. The van der Waals surface area contributed by atoms with Crippen molar-refractivity contribution in [1.29, 1.82) is 0 Å². The quantitative estimate of drug-likeness (QED) is 0.941. The van der Waals surface area contributed by atoms with Gasteiger partial charge < -0.3 is 10.6 Å². The van der Waals surface area contributed by atoms with Gasteiger partial charge in [-0.05, 0) is 42.5 Å². The van der Waals surface area contributed by atoms with Crippen molar-refractivity contribution in [3.8, 4) is 0 Å². The van der Waals surface area contributed by atoms with E-state index in [1.54, 1.807) is 0 Å². The van der Waals surface area contributed by atoms with E-state index in [2.05, 4.69) is 25.1 Å². The van der Waals surface area contributed by atoms with Crippen molar-refractivity contribution < 1.29 is 4.79 Å². The van der Waals surface area contributed by atoms with E-state index in [0.29, 0.717) is 18.0 Å². The summed E-state index contributed by atoms with van der Waals surface area (Å²) in [7, 11) is 0. The summed E-state index contributed by atoms with van der Waals surface area (Å²) in [5, 5.41) is 0.662. The number of amides is 1. The molecule has 0 radical (unpaired) electrons. The Hall–Kier alpha value is -1.84. The summed E-state index contributed by atoms with van der Waals surface area (Å²) >= 11 is 6.16. The van der Waals surface area contributed by atoms with Gasteiger partial charge in [0.2, 0.25) is 5.91 Å². The van der Waals surface area contributed by atoms with E-state index < -0.39 is 6.04 Å². The molecule has 1 aliphatic rings. The lowest BCUT2D eigenvalue weighted by Gasteiger charge is -2.31. The fourth-order valence-electron chi connectivity index (χ4n) is 3.10. The summed E-state index contributed by atoms with van der Waals surface area (Å²) < 4.78 is 0. The fraction of sp³-hybridized carbons (Fsp3) is 0.316. The number of benzene rings is 2. The SMILES string of the molecule is Cc1ccc2c(c1)CN(C(=O)C(N)Cc1ccccc1Cl)CC2. The molecule has 1 amide bonds. The maximum Gasteiger partial charge on any atom is 0.240 e. The summed E-state index contributed by atoms with van der Waals surface area (Å²) in [6, 6.07) is 13.4. The Labute approximate surface area is 142 Å². The first-order valence-corrected chi connectivity index (χ1v) is 8.28. The lowest BCUT2D eigenvalue weighted by molar-refractivity contribution is -0.133. The van der Waals surface area contributed by atoms with Crippen molar-refractivity contribution in [3.63, 3.8) is 0 Å². The standard InChI is InChI=1S/C19H21ClN2O/c1-13-6-7-14-8-9-22(12-16(14)10-13)19(23)18(21)11-15-4-2-3-5-17(15)20/h2-7,10,18H,8-9,11-12,21H2,1H3. The molecule has 0 fully saturated rings. The molecule has 3 rings (SSSR count). The zero-order valence-corrected chi connectivity index (χ0v) is 14.0. The summed E-state index contributed by atoms with van der Waals surface area (Å²) in [4.78, 5) is 14.5. The molecule has 0 aromatic heterocycles. The predicted octanol–water partition coefficient (Wildman–Crippen LogP) is 3.10. The maximum absolute atomic E-state index is 12.7. The minimum atomic E-state index is -0.554. The number of rotatable bonds is 3. The molecule has 4 heteroatoms. The van der Waals surface area contributed by atoms with Crippen LogP contribution in [0.5, 0.6) is 0 Å². The number of hydrogen-bond acceptors (Lipinski definition) is 2. The second-order valence-corrected chi connectivity index (χ2v) is 6.59. The number of halogens is 1. The Morgan fingerprint density at radius 3 is 2.83 bits per heavy atom. The number of fused-ring (bicyclic) bond motifs is 1.